The molecule has 2 rings (SSSR count). The molecule has 20 heavy (non-hydrogen) atoms. The molecule has 1 aromatic heterocycles. The van der Waals surface area contributed by atoms with Crippen molar-refractivity contribution in [1.29, 1.82) is 5.26 Å². The molecule has 1 aromatic carbocycles. The zero-order valence-electron chi connectivity index (χ0n) is 12.0. The van der Waals surface area contributed by atoms with Gasteiger partial charge in [0.25, 0.3) is 0 Å². The molecule has 0 aliphatic heterocycles. The van der Waals surface area contributed by atoms with Crippen LogP contribution in [0.1, 0.15) is 25.6 Å². The van der Waals surface area contributed by atoms with Gasteiger partial charge in [0, 0.05) is 13.0 Å². The minimum Gasteiger partial charge on any atom is -0.331 e. The van der Waals surface area contributed by atoms with Crippen LogP contribution >= 0.6 is 11.8 Å². The summed E-state index contributed by atoms with van der Waals surface area (Å²) in [7, 11) is 2.03. The number of hydrogen-bond acceptors (Lipinski definition) is 4. The standard InChI is InChI=1S/C14H17N5S/c1-9(2)13-18-11-7-10(5-6-12(11)19(13)3)17-14(20-4)16-8-15/h5-7,9H,1-4H3,(H,16,17). The van der Waals surface area contributed by atoms with Crippen LogP contribution in [0, 0.1) is 11.5 Å². The lowest BCUT2D eigenvalue weighted by Gasteiger charge is -2.04. The highest BCUT2D eigenvalue weighted by Gasteiger charge is 2.11. The van der Waals surface area contributed by atoms with Crippen LogP contribution in [0.3, 0.4) is 0 Å². The van der Waals surface area contributed by atoms with E-state index in [0.717, 1.165) is 22.5 Å². The van der Waals surface area contributed by atoms with E-state index >= 15 is 0 Å². The highest BCUT2D eigenvalue weighted by atomic mass is 32.2. The van der Waals surface area contributed by atoms with Crippen LogP contribution in [0.5, 0.6) is 0 Å². The lowest BCUT2D eigenvalue weighted by Crippen LogP contribution is -2.12. The largest absolute Gasteiger partial charge is 0.331 e. The van der Waals surface area contributed by atoms with Gasteiger partial charge in [-0.15, -0.1) is 0 Å². The van der Waals surface area contributed by atoms with Crippen LogP contribution in [0.2, 0.25) is 0 Å². The lowest BCUT2D eigenvalue weighted by atomic mass is 10.2. The van der Waals surface area contributed by atoms with Crippen molar-refractivity contribution in [1.82, 2.24) is 14.9 Å². The van der Waals surface area contributed by atoms with Gasteiger partial charge in [-0.1, -0.05) is 25.6 Å². The zero-order valence-corrected chi connectivity index (χ0v) is 12.8. The number of fused-ring (bicyclic) bond motifs is 1. The lowest BCUT2D eigenvalue weighted by molar-refractivity contribution is 0.722. The van der Waals surface area contributed by atoms with Gasteiger partial charge in [0.2, 0.25) is 0 Å². The number of aromatic nitrogens is 2. The molecule has 1 N–H and O–H groups in total. The van der Waals surface area contributed by atoms with Crippen LogP contribution < -0.4 is 5.32 Å². The smallest absolute Gasteiger partial charge is 0.183 e. The molecule has 0 radical (unpaired) electrons. The Morgan fingerprint density at radius 2 is 2.25 bits per heavy atom. The predicted molar refractivity (Wildman–Crippen MR) is 84.2 cm³/mol. The summed E-state index contributed by atoms with van der Waals surface area (Å²) in [5, 5.41) is 11.8. The summed E-state index contributed by atoms with van der Waals surface area (Å²) in [4.78, 5) is 9.05. The Labute approximate surface area is 122 Å². The average Bonchev–Trinajstić information content (AvgIpc) is 2.75. The number of thioether (sulfide) groups is 1. The maximum absolute atomic E-state index is 8.65. The number of nitriles is 1. The number of hydrogen-bond donors (Lipinski definition) is 1. The van der Waals surface area contributed by atoms with E-state index in [1.807, 2.05) is 37.7 Å². The number of nitrogens with zero attached hydrogens (tertiary/aromatic N) is 4. The summed E-state index contributed by atoms with van der Waals surface area (Å²) in [5.74, 6) is 1.43. The summed E-state index contributed by atoms with van der Waals surface area (Å²) in [6.07, 6.45) is 3.76. The Bertz CT molecular complexity index is 693. The van der Waals surface area contributed by atoms with Gasteiger partial charge in [-0.2, -0.15) is 5.26 Å². The normalized spacial score (nSPS) is 11.9. The third-order valence-electron chi connectivity index (χ3n) is 3.00. The number of imidazole rings is 1. The summed E-state index contributed by atoms with van der Waals surface area (Å²) >= 11 is 1.40. The third-order valence-corrected chi connectivity index (χ3v) is 3.58. The van der Waals surface area contributed by atoms with E-state index in [1.165, 1.54) is 11.8 Å². The number of benzene rings is 1. The van der Waals surface area contributed by atoms with E-state index in [1.54, 1.807) is 0 Å². The van der Waals surface area contributed by atoms with E-state index in [4.69, 9.17) is 5.26 Å². The summed E-state index contributed by atoms with van der Waals surface area (Å²) in [5.41, 5.74) is 2.81. The second kappa shape index (κ2) is 5.97. The number of amidine groups is 1. The van der Waals surface area contributed by atoms with E-state index in [0.29, 0.717) is 11.1 Å². The van der Waals surface area contributed by atoms with Crippen LogP contribution in [0.4, 0.5) is 5.69 Å². The molecule has 0 bridgehead atoms. The SMILES string of the molecule is CSC(=Nc1ccc2c(c1)nc(C(C)C)n2C)NC#N. The number of aliphatic imine (C=N–C) groups is 1. The van der Waals surface area contributed by atoms with E-state index < -0.39 is 0 Å². The molecular weight excluding hydrogens is 270 g/mol. The fraction of sp³-hybridized carbons (Fsp3) is 0.357. The second-order valence-corrected chi connectivity index (χ2v) is 5.51. The minimum atomic E-state index is 0.376. The van der Waals surface area contributed by atoms with Gasteiger partial charge in [-0.25, -0.2) is 9.98 Å². The van der Waals surface area contributed by atoms with E-state index in [2.05, 4.69) is 33.7 Å². The number of rotatable bonds is 2. The van der Waals surface area contributed by atoms with Gasteiger partial charge in [0.1, 0.15) is 5.82 Å². The molecule has 0 unspecified atom stereocenters. The third kappa shape index (κ3) is 2.78. The molecule has 0 aliphatic rings. The molecule has 0 spiro atoms. The zero-order chi connectivity index (χ0) is 14.7. The fourth-order valence-corrected chi connectivity index (χ4v) is 2.43. The molecule has 0 saturated heterocycles. The van der Waals surface area contributed by atoms with E-state index in [9.17, 15) is 0 Å². The molecule has 0 saturated carbocycles. The first kappa shape index (κ1) is 14.4. The molecule has 0 amide bonds. The first-order valence-electron chi connectivity index (χ1n) is 6.31. The predicted octanol–water partition coefficient (Wildman–Crippen LogP) is 3.12. The van der Waals surface area contributed by atoms with Crippen molar-refractivity contribution >= 4 is 33.7 Å². The molecule has 1 heterocycles. The number of nitrogens with one attached hydrogen (secondary N) is 1. The van der Waals surface area contributed by atoms with Gasteiger partial charge < -0.3 is 4.57 Å². The van der Waals surface area contributed by atoms with Gasteiger partial charge in [-0.3, -0.25) is 5.32 Å². The van der Waals surface area contributed by atoms with E-state index in [-0.39, 0.29) is 0 Å². The van der Waals surface area contributed by atoms with Gasteiger partial charge in [-0.05, 0) is 24.5 Å². The maximum Gasteiger partial charge on any atom is 0.183 e. The Hall–Kier alpha value is -2.00. The number of aryl methyl sites for hydroxylation is 1. The first-order chi connectivity index (χ1) is 9.56. The van der Waals surface area contributed by atoms with Crippen molar-refractivity contribution in [2.24, 2.45) is 12.0 Å². The summed E-state index contributed by atoms with van der Waals surface area (Å²) in [6, 6.07) is 5.89. The second-order valence-electron chi connectivity index (χ2n) is 4.71. The van der Waals surface area contributed by atoms with Crippen LogP contribution in [0.25, 0.3) is 11.0 Å². The quantitative estimate of drug-likeness (QED) is 0.399. The van der Waals surface area contributed by atoms with Crippen LogP contribution in [0.15, 0.2) is 23.2 Å². The highest BCUT2D eigenvalue weighted by molar-refractivity contribution is 8.13. The van der Waals surface area contributed by atoms with Gasteiger partial charge in [0.15, 0.2) is 11.4 Å². The minimum absolute atomic E-state index is 0.376. The molecule has 0 atom stereocenters. The van der Waals surface area contributed by atoms with Crippen molar-refractivity contribution in [3.05, 3.63) is 24.0 Å². The highest BCUT2D eigenvalue weighted by Crippen LogP contribution is 2.25. The Balaban J connectivity index is 2.47. The van der Waals surface area contributed by atoms with Crippen molar-refractivity contribution in [3.63, 3.8) is 0 Å². The Kier molecular flexibility index (Phi) is 4.30. The summed E-state index contributed by atoms with van der Waals surface area (Å²) < 4.78 is 2.11. The van der Waals surface area contributed by atoms with Crippen molar-refractivity contribution < 1.29 is 0 Å². The maximum atomic E-state index is 8.65. The van der Waals surface area contributed by atoms with Crippen LogP contribution in [-0.2, 0) is 7.05 Å². The monoisotopic (exact) mass is 287 g/mol. The summed E-state index contributed by atoms with van der Waals surface area (Å²) in [6.45, 7) is 4.26. The molecule has 2 aromatic rings. The molecule has 0 fully saturated rings. The Morgan fingerprint density at radius 1 is 1.50 bits per heavy atom. The van der Waals surface area contributed by atoms with Gasteiger partial charge >= 0.3 is 0 Å². The van der Waals surface area contributed by atoms with Crippen molar-refractivity contribution in [2.75, 3.05) is 6.26 Å². The molecule has 0 aliphatic carbocycles. The average molecular weight is 287 g/mol. The molecule has 5 nitrogen and oxygen atoms in total. The topological polar surface area (TPSA) is 66.0 Å². The first-order valence-corrected chi connectivity index (χ1v) is 7.53. The van der Waals surface area contributed by atoms with Crippen molar-refractivity contribution in [3.8, 4) is 6.19 Å². The van der Waals surface area contributed by atoms with Crippen LogP contribution in [-0.4, -0.2) is 21.0 Å². The molecular formula is C14H17N5S. The molecule has 104 valence electrons. The van der Waals surface area contributed by atoms with Crippen molar-refractivity contribution in [2.45, 2.75) is 19.8 Å². The fourth-order valence-electron chi connectivity index (χ4n) is 2.08. The van der Waals surface area contributed by atoms with Gasteiger partial charge in [0.05, 0.1) is 16.7 Å². The Morgan fingerprint density at radius 3 is 2.85 bits per heavy atom. The molecule has 6 heteroatoms.